The average molecular weight is 185 g/mol. The normalized spacial score (nSPS) is 13.8. The summed E-state index contributed by atoms with van der Waals surface area (Å²) in [5.41, 5.74) is 0. The molecule has 2 heteroatoms. The molecular weight excluding hydrogens is 162 g/mol. The molecule has 1 N–H and O–H groups in total. The van der Waals surface area contributed by atoms with Gasteiger partial charge in [-0.3, -0.25) is 4.79 Å². The smallest absolute Gasteiger partial charge is 0.152 e. The Bertz CT molecular complexity index is 152. The maximum Gasteiger partial charge on any atom is 0.152 e. The third kappa shape index (κ3) is 5.04. The molecular formula is C11H23NO. The molecule has 0 saturated heterocycles. The highest BCUT2D eigenvalue weighted by atomic mass is 16.1. The van der Waals surface area contributed by atoms with Crippen molar-refractivity contribution in [1.82, 2.24) is 5.32 Å². The molecule has 0 aliphatic rings. The van der Waals surface area contributed by atoms with Gasteiger partial charge < -0.3 is 5.32 Å². The van der Waals surface area contributed by atoms with E-state index in [-0.39, 0.29) is 12.0 Å². The molecule has 78 valence electrons. The number of nitrogens with one attached hydrogen (secondary N) is 1. The first-order chi connectivity index (χ1) is 5.99. The Labute approximate surface area is 82.1 Å². The van der Waals surface area contributed by atoms with Gasteiger partial charge in [-0.2, -0.15) is 0 Å². The van der Waals surface area contributed by atoms with E-state index in [4.69, 9.17) is 0 Å². The summed E-state index contributed by atoms with van der Waals surface area (Å²) in [5.74, 6) is 1.16. The minimum absolute atomic E-state index is 0.0578. The summed E-state index contributed by atoms with van der Waals surface area (Å²) in [7, 11) is 1.87. The van der Waals surface area contributed by atoms with Crippen LogP contribution in [0.1, 0.15) is 40.5 Å². The summed E-state index contributed by atoms with van der Waals surface area (Å²) in [6.45, 7) is 8.29. The van der Waals surface area contributed by atoms with Crippen LogP contribution < -0.4 is 5.32 Å². The first-order valence-electron chi connectivity index (χ1n) is 5.20. The van der Waals surface area contributed by atoms with E-state index in [1.165, 1.54) is 0 Å². The lowest BCUT2D eigenvalue weighted by atomic mass is 9.95. The first kappa shape index (κ1) is 12.6. The van der Waals surface area contributed by atoms with Crippen LogP contribution in [0.3, 0.4) is 0 Å². The molecule has 0 spiro atoms. The molecule has 0 unspecified atom stereocenters. The van der Waals surface area contributed by atoms with Crippen LogP contribution in [-0.4, -0.2) is 18.9 Å². The van der Waals surface area contributed by atoms with Crippen LogP contribution in [0.4, 0.5) is 0 Å². The number of carbonyl (C=O) groups excluding carboxylic acids is 1. The summed E-state index contributed by atoms with van der Waals surface area (Å²) < 4.78 is 0. The second-order valence-electron chi connectivity index (χ2n) is 4.37. The molecule has 0 aliphatic heterocycles. The Morgan fingerprint density at radius 3 is 2.00 bits per heavy atom. The highest BCUT2D eigenvalue weighted by Crippen LogP contribution is 2.10. The summed E-state index contributed by atoms with van der Waals surface area (Å²) in [5, 5.41) is 3.09. The van der Waals surface area contributed by atoms with E-state index in [2.05, 4.69) is 19.2 Å². The fourth-order valence-corrected chi connectivity index (χ4v) is 1.33. The predicted octanol–water partition coefficient (Wildman–Crippen LogP) is 2.24. The molecule has 0 aliphatic carbocycles. The quantitative estimate of drug-likeness (QED) is 0.687. The topological polar surface area (TPSA) is 29.1 Å². The molecule has 2 nitrogen and oxygen atoms in total. The van der Waals surface area contributed by atoms with Crippen LogP contribution in [0.5, 0.6) is 0 Å². The third-order valence-electron chi connectivity index (χ3n) is 2.29. The largest absolute Gasteiger partial charge is 0.311 e. The standard InChI is InChI=1S/C11H23NO/c1-8(2)6-7-10(12-5)11(13)9(3)4/h8-10,12H,6-7H2,1-5H3/t10-/m0/s1. The molecule has 0 fully saturated rings. The molecule has 0 radical (unpaired) electrons. The molecule has 0 bridgehead atoms. The van der Waals surface area contributed by atoms with Gasteiger partial charge in [0.2, 0.25) is 0 Å². The van der Waals surface area contributed by atoms with Crippen molar-refractivity contribution in [3.63, 3.8) is 0 Å². The van der Waals surface area contributed by atoms with Crippen molar-refractivity contribution in [3.8, 4) is 0 Å². The van der Waals surface area contributed by atoms with E-state index in [0.29, 0.717) is 11.7 Å². The van der Waals surface area contributed by atoms with Crippen molar-refractivity contribution in [1.29, 1.82) is 0 Å². The fraction of sp³-hybridized carbons (Fsp3) is 0.909. The van der Waals surface area contributed by atoms with Crippen LogP contribution in [0, 0.1) is 11.8 Å². The molecule has 1 atom stereocenters. The maximum atomic E-state index is 11.6. The van der Waals surface area contributed by atoms with Crippen molar-refractivity contribution in [2.24, 2.45) is 11.8 Å². The van der Waals surface area contributed by atoms with E-state index in [9.17, 15) is 4.79 Å². The molecule has 0 aromatic rings. The van der Waals surface area contributed by atoms with Crippen LogP contribution in [0.2, 0.25) is 0 Å². The van der Waals surface area contributed by atoms with Gasteiger partial charge in [-0.1, -0.05) is 27.7 Å². The summed E-state index contributed by atoms with van der Waals surface area (Å²) in [6.07, 6.45) is 2.08. The molecule has 13 heavy (non-hydrogen) atoms. The third-order valence-corrected chi connectivity index (χ3v) is 2.29. The van der Waals surface area contributed by atoms with Crippen molar-refractivity contribution in [3.05, 3.63) is 0 Å². The van der Waals surface area contributed by atoms with E-state index in [1.54, 1.807) is 0 Å². The van der Waals surface area contributed by atoms with Gasteiger partial charge in [0.1, 0.15) is 0 Å². The van der Waals surface area contributed by atoms with Crippen LogP contribution in [0.15, 0.2) is 0 Å². The Morgan fingerprint density at radius 1 is 1.15 bits per heavy atom. The monoisotopic (exact) mass is 185 g/mol. The number of ketones is 1. The van der Waals surface area contributed by atoms with E-state index < -0.39 is 0 Å². The summed E-state index contributed by atoms with van der Waals surface area (Å²) in [4.78, 5) is 11.6. The van der Waals surface area contributed by atoms with Crippen molar-refractivity contribution < 1.29 is 4.79 Å². The van der Waals surface area contributed by atoms with Gasteiger partial charge in [0, 0.05) is 5.92 Å². The zero-order valence-corrected chi connectivity index (χ0v) is 9.55. The van der Waals surface area contributed by atoms with Crippen LogP contribution >= 0.6 is 0 Å². The minimum atomic E-state index is 0.0578. The first-order valence-corrected chi connectivity index (χ1v) is 5.20. The Kier molecular flexibility index (Phi) is 5.97. The van der Waals surface area contributed by atoms with Crippen molar-refractivity contribution in [2.45, 2.75) is 46.6 Å². The zero-order valence-electron chi connectivity index (χ0n) is 9.55. The van der Waals surface area contributed by atoms with Crippen molar-refractivity contribution >= 4 is 5.78 Å². The lowest BCUT2D eigenvalue weighted by Gasteiger charge is -2.17. The second kappa shape index (κ2) is 6.14. The number of rotatable bonds is 6. The molecule has 0 rings (SSSR count). The van der Waals surface area contributed by atoms with Crippen LogP contribution in [-0.2, 0) is 4.79 Å². The second-order valence-corrected chi connectivity index (χ2v) is 4.37. The predicted molar refractivity (Wildman–Crippen MR) is 56.8 cm³/mol. The molecule has 0 saturated carbocycles. The number of carbonyl (C=O) groups is 1. The van der Waals surface area contributed by atoms with Gasteiger partial charge in [-0.15, -0.1) is 0 Å². The van der Waals surface area contributed by atoms with Crippen LogP contribution in [0.25, 0.3) is 0 Å². The Balaban J connectivity index is 3.95. The zero-order chi connectivity index (χ0) is 10.4. The van der Waals surface area contributed by atoms with Gasteiger partial charge in [-0.05, 0) is 25.8 Å². The summed E-state index contributed by atoms with van der Waals surface area (Å²) >= 11 is 0. The highest BCUT2D eigenvalue weighted by Gasteiger charge is 2.18. The van der Waals surface area contributed by atoms with E-state index in [0.717, 1.165) is 12.8 Å². The van der Waals surface area contributed by atoms with Gasteiger partial charge in [-0.25, -0.2) is 0 Å². The van der Waals surface area contributed by atoms with Gasteiger partial charge in [0.05, 0.1) is 6.04 Å². The number of hydrogen-bond donors (Lipinski definition) is 1. The minimum Gasteiger partial charge on any atom is -0.311 e. The Hall–Kier alpha value is -0.370. The maximum absolute atomic E-state index is 11.6. The number of hydrogen-bond acceptors (Lipinski definition) is 2. The van der Waals surface area contributed by atoms with E-state index >= 15 is 0 Å². The average Bonchev–Trinajstić information content (AvgIpc) is 2.04. The molecule has 0 heterocycles. The highest BCUT2D eigenvalue weighted by molar-refractivity contribution is 5.85. The van der Waals surface area contributed by atoms with Gasteiger partial charge >= 0.3 is 0 Å². The number of Topliss-reactive ketones (excluding diaryl/α,β-unsaturated/α-hetero) is 1. The van der Waals surface area contributed by atoms with Gasteiger partial charge in [0.25, 0.3) is 0 Å². The lowest BCUT2D eigenvalue weighted by molar-refractivity contribution is -0.124. The SMILES string of the molecule is CN[C@@H](CCC(C)C)C(=O)C(C)C. The fourth-order valence-electron chi connectivity index (χ4n) is 1.33. The molecule has 0 amide bonds. The molecule has 0 aromatic heterocycles. The van der Waals surface area contributed by atoms with E-state index in [1.807, 2.05) is 20.9 Å². The Morgan fingerprint density at radius 2 is 1.69 bits per heavy atom. The van der Waals surface area contributed by atoms with Gasteiger partial charge in [0.15, 0.2) is 5.78 Å². The lowest BCUT2D eigenvalue weighted by Crippen LogP contribution is -2.36. The van der Waals surface area contributed by atoms with Crippen molar-refractivity contribution in [2.75, 3.05) is 7.05 Å². The summed E-state index contributed by atoms with van der Waals surface area (Å²) in [6, 6.07) is 0.0578. The number of likely N-dealkylation sites (N-methyl/N-ethyl adjacent to an activating group) is 1. The molecule has 0 aromatic carbocycles.